The first-order valence-corrected chi connectivity index (χ1v) is 7.50. The van der Waals surface area contributed by atoms with E-state index in [1.807, 2.05) is 0 Å². The lowest BCUT2D eigenvalue weighted by molar-refractivity contribution is 0.598. The molecule has 2 rings (SSSR count). The standard InChI is InChI=1S/C12H10BrFN2O2S/c13-9-6-5-8(7-11(9)15)19(17,18)16-12-4-2-1-3-10(12)14/h1-7,16H,15H2. The lowest BCUT2D eigenvalue weighted by atomic mass is 10.3. The van der Waals surface area contributed by atoms with Gasteiger partial charge in [0, 0.05) is 10.2 Å². The molecule has 7 heteroatoms. The fourth-order valence-electron chi connectivity index (χ4n) is 1.44. The van der Waals surface area contributed by atoms with Gasteiger partial charge >= 0.3 is 0 Å². The summed E-state index contributed by atoms with van der Waals surface area (Å²) in [6.45, 7) is 0. The van der Waals surface area contributed by atoms with Crippen LogP contribution in [0, 0.1) is 5.82 Å². The molecule has 0 aliphatic heterocycles. The lowest BCUT2D eigenvalue weighted by Crippen LogP contribution is -2.14. The minimum atomic E-state index is -3.87. The Morgan fingerprint density at radius 3 is 2.47 bits per heavy atom. The number of nitrogens with two attached hydrogens (primary N) is 1. The van der Waals surface area contributed by atoms with Crippen molar-refractivity contribution in [3.05, 3.63) is 52.8 Å². The van der Waals surface area contributed by atoms with Crippen molar-refractivity contribution in [1.82, 2.24) is 0 Å². The molecule has 100 valence electrons. The van der Waals surface area contributed by atoms with E-state index >= 15 is 0 Å². The summed E-state index contributed by atoms with van der Waals surface area (Å²) in [6.07, 6.45) is 0. The van der Waals surface area contributed by atoms with Gasteiger partial charge in [0.15, 0.2) is 0 Å². The maximum absolute atomic E-state index is 13.4. The highest BCUT2D eigenvalue weighted by molar-refractivity contribution is 9.10. The van der Waals surface area contributed by atoms with Gasteiger partial charge in [0.05, 0.1) is 10.6 Å². The van der Waals surface area contributed by atoms with Crippen molar-refractivity contribution in [2.75, 3.05) is 10.5 Å². The number of para-hydroxylation sites is 1. The average molecular weight is 345 g/mol. The smallest absolute Gasteiger partial charge is 0.262 e. The molecular weight excluding hydrogens is 335 g/mol. The minimum Gasteiger partial charge on any atom is -0.398 e. The lowest BCUT2D eigenvalue weighted by Gasteiger charge is -2.09. The Kier molecular flexibility index (Phi) is 3.77. The molecule has 0 aliphatic carbocycles. The molecule has 0 unspecified atom stereocenters. The van der Waals surface area contributed by atoms with Crippen LogP contribution in [-0.2, 0) is 10.0 Å². The van der Waals surface area contributed by atoms with E-state index < -0.39 is 15.8 Å². The van der Waals surface area contributed by atoms with Gasteiger partial charge in [-0.3, -0.25) is 4.72 Å². The fourth-order valence-corrected chi connectivity index (χ4v) is 2.79. The second-order valence-electron chi connectivity index (χ2n) is 3.77. The number of benzene rings is 2. The SMILES string of the molecule is Nc1cc(S(=O)(=O)Nc2ccccc2F)ccc1Br. The van der Waals surface area contributed by atoms with E-state index in [2.05, 4.69) is 20.7 Å². The Balaban J connectivity index is 2.38. The molecule has 0 bridgehead atoms. The van der Waals surface area contributed by atoms with Crippen molar-refractivity contribution in [2.24, 2.45) is 0 Å². The highest BCUT2D eigenvalue weighted by atomic mass is 79.9. The van der Waals surface area contributed by atoms with Gasteiger partial charge in [-0.2, -0.15) is 0 Å². The van der Waals surface area contributed by atoms with Gasteiger partial charge in [0.1, 0.15) is 5.82 Å². The minimum absolute atomic E-state index is 0.0311. The molecule has 0 saturated carbocycles. The number of halogens is 2. The van der Waals surface area contributed by atoms with E-state index in [1.165, 1.54) is 42.5 Å². The van der Waals surface area contributed by atoms with Crippen LogP contribution in [0.3, 0.4) is 0 Å². The van der Waals surface area contributed by atoms with Gasteiger partial charge in [-0.1, -0.05) is 12.1 Å². The Hall–Kier alpha value is -1.60. The predicted octanol–water partition coefficient (Wildman–Crippen LogP) is 2.97. The van der Waals surface area contributed by atoms with Crippen molar-refractivity contribution in [1.29, 1.82) is 0 Å². The Labute approximate surface area is 118 Å². The summed E-state index contributed by atoms with van der Waals surface area (Å²) in [7, 11) is -3.87. The van der Waals surface area contributed by atoms with Gasteiger partial charge in [-0.15, -0.1) is 0 Å². The molecule has 0 aromatic heterocycles. The summed E-state index contributed by atoms with van der Waals surface area (Å²) in [5, 5.41) is 0. The number of hydrogen-bond donors (Lipinski definition) is 2. The van der Waals surface area contributed by atoms with Crippen molar-refractivity contribution in [2.45, 2.75) is 4.90 Å². The first-order valence-electron chi connectivity index (χ1n) is 5.22. The van der Waals surface area contributed by atoms with Crippen LogP contribution < -0.4 is 10.5 Å². The molecule has 2 aromatic rings. The van der Waals surface area contributed by atoms with Crippen LogP contribution in [0.1, 0.15) is 0 Å². The summed E-state index contributed by atoms with van der Waals surface area (Å²) in [4.78, 5) is -0.0311. The van der Waals surface area contributed by atoms with Crippen molar-refractivity contribution < 1.29 is 12.8 Å². The summed E-state index contributed by atoms with van der Waals surface area (Å²) >= 11 is 3.17. The molecule has 2 aromatic carbocycles. The number of sulfonamides is 1. The number of anilines is 2. The quantitative estimate of drug-likeness (QED) is 0.840. The molecule has 0 radical (unpaired) electrons. The summed E-state index contributed by atoms with van der Waals surface area (Å²) in [5.41, 5.74) is 5.81. The topological polar surface area (TPSA) is 72.2 Å². The molecule has 0 atom stereocenters. The number of hydrogen-bond acceptors (Lipinski definition) is 3. The van der Waals surface area contributed by atoms with E-state index in [0.29, 0.717) is 4.47 Å². The van der Waals surface area contributed by atoms with Gasteiger partial charge in [0.2, 0.25) is 0 Å². The first-order chi connectivity index (χ1) is 8.90. The van der Waals surface area contributed by atoms with Crippen LogP contribution in [0.25, 0.3) is 0 Å². The van der Waals surface area contributed by atoms with E-state index in [-0.39, 0.29) is 16.3 Å². The zero-order valence-corrected chi connectivity index (χ0v) is 12.0. The van der Waals surface area contributed by atoms with E-state index in [9.17, 15) is 12.8 Å². The van der Waals surface area contributed by atoms with Crippen molar-refractivity contribution in [3.63, 3.8) is 0 Å². The first kappa shape index (κ1) is 13.8. The van der Waals surface area contributed by atoms with Crippen molar-refractivity contribution >= 4 is 37.3 Å². The zero-order chi connectivity index (χ0) is 14.0. The van der Waals surface area contributed by atoms with E-state index in [1.54, 1.807) is 0 Å². The number of nitrogen functional groups attached to an aromatic ring is 1. The zero-order valence-electron chi connectivity index (χ0n) is 9.60. The van der Waals surface area contributed by atoms with Gasteiger partial charge < -0.3 is 5.73 Å². The summed E-state index contributed by atoms with van der Waals surface area (Å²) < 4.78 is 40.3. The maximum Gasteiger partial charge on any atom is 0.262 e. The molecule has 19 heavy (non-hydrogen) atoms. The Morgan fingerprint density at radius 2 is 1.84 bits per heavy atom. The fraction of sp³-hybridized carbons (Fsp3) is 0. The van der Waals surface area contributed by atoms with Crippen LogP contribution >= 0.6 is 15.9 Å². The molecule has 0 spiro atoms. The van der Waals surface area contributed by atoms with E-state index in [0.717, 1.165) is 0 Å². The highest BCUT2D eigenvalue weighted by Gasteiger charge is 2.16. The van der Waals surface area contributed by atoms with E-state index in [4.69, 9.17) is 5.73 Å². The molecular formula is C12H10BrFN2O2S. The second-order valence-corrected chi connectivity index (χ2v) is 6.31. The summed E-state index contributed by atoms with van der Waals surface area (Å²) in [6, 6.07) is 9.73. The molecule has 3 N–H and O–H groups in total. The van der Waals surface area contributed by atoms with Crippen LogP contribution in [0.5, 0.6) is 0 Å². The summed E-state index contributed by atoms with van der Waals surface area (Å²) in [5.74, 6) is -0.642. The second kappa shape index (κ2) is 5.18. The van der Waals surface area contributed by atoms with Crippen molar-refractivity contribution in [3.8, 4) is 0 Å². The average Bonchev–Trinajstić information content (AvgIpc) is 2.35. The largest absolute Gasteiger partial charge is 0.398 e. The van der Waals surface area contributed by atoms with Crippen LogP contribution in [-0.4, -0.2) is 8.42 Å². The third-order valence-electron chi connectivity index (χ3n) is 2.40. The Morgan fingerprint density at radius 1 is 1.16 bits per heavy atom. The third kappa shape index (κ3) is 3.05. The third-order valence-corrected chi connectivity index (χ3v) is 4.48. The van der Waals surface area contributed by atoms with Crippen LogP contribution in [0.15, 0.2) is 51.8 Å². The normalized spacial score (nSPS) is 11.3. The molecule has 0 aliphatic rings. The molecule has 0 saturated heterocycles. The number of rotatable bonds is 3. The number of nitrogens with one attached hydrogen (secondary N) is 1. The van der Waals surface area contributed by atoms with Gasteiger partial charge in [-0.25, -0.2) is 12.8 Å². The monoisotopic (exact) mass is 344 g/mol. The molecule has 0 fully saturated rings. The molecule has 4 nitrogen and oxygen atoms in total. The maximum atomic E-state index is 13.4. The highest BCUT2D eigenvalue weighted by Crippen LogP contribution is 2.24. The molecule has 0 heterocycles. The van der Waals surface area contributed by atoms with Crippen LogP contribution in [0.2, 0.25) is 0 Å². The van der Waals surface area contributed by atoms with Crippen LogP contribution in [0.4, 0.5) is 15.8 Å². The predicted molar refractivity (Wildman–Crippen MR) is 75.8 cm³/mol. The van der Waals surface area contributed by atoms with Gasteiger partial charge in [-0.05, 0) is 46.3 Å². The Bertz CT molecular complexity index is 719. The molecule has 0 amide bonds. The van der Waals surface area contributed by atoms with Gasteiger partial charge in [0.25, 0.3) is 10.0 Å².